The Labute approximate surface area is 160 Å². The van der Waals surface area contributed by atoms with Crippen LogP contribution in [0.5, 0.6) is 0 Å². The van der Waals surface area contributed by atoms with E-state index in [1.807, 2.05) is 4.90 Å². The lowest BCUT2D eigenvalue weighted by atomic mass is 10.0. The molecule has 2 fully saturated rings. The van der Waals surface area contributed by atoms with Gasteiger partial charge in [-0.1, -0.05) is 0 Å². The summed E-state index contributed by atoms with van der Waals surface area (Å²) in [5.74, 6) is -1.78. The Morgan fingerprint density at radius 2 is 1.71 bits per heavy atom. The van der Waals surface area contributed by atoms with Crippen LogP contribution in [-0.2, 0) is 9.59 Å². The van der Waals surface area contributed by atoms with Gasteiger partial charge in [-0.3, -0.25) is 9.59 Å². The second kappa shape index (κ2) is 7.14. The van der Waals surface area contributed by atoms with Crippen molar-refractivity contribution < 1.29 is 18.4 Å². The van der Waals surface area contributed by atoms with Crippen molar-refractivity contribution in [3.8, 4) is 0 Å². The van der Waals surface area contributed by atoms with Gasteiger partial charge in [0.15, 0.2) is 0 Å². The second-order valence-electron chi connectivity index (χ2n) is 6.99. The Morgan fingerprint density at radius 1 is 1.04 bits per heavy atom. The summed E-state index contributed by atoms with van der Waals surface area (Å²) in [6.07, 6.45) is 4.17. The number of nitrogens with one attached hydrogen (secondary N) is 1. The van der Waals surface area contributed by atoms with Crippen LogP contribution in [0.25, 0.3) is 0 Å². The number of hydrogen-bond donors (Lipinski definition) is 1. The number of amides is 2. The molecule has 146 valence electrons. The highest BCUT2D eigenvalue weighted by Gasteiger charge is 2.58. The van der Waals surface area contributed by atoms with Crippen molar-refractivity contribution in [3.05, 3.63) is 48.3 Å². The minimum absolute atomic E-state index is 0.128. The number of benzene rings is 1. The summed E-state index contributed by atoms with van der Waals surface area (Å²) in [7, 11) is 0. The molecule has 0 bridgehead atoms. The predicted molar refractivity (Wildman–Crippen MR) is 97.5 cm³/mol. The Morgan fingerprint density at radius 3 is 2.32 bits per heavy atom. The zero-order valence-corrected chi connectivity index (χ0v) is 15.1. The maximum Gasteiger partial charge on any atom is 0.240 e. The number of hydrogen-bond acceptors (Lipinski definition) is 5. The lowest BCUT2D eigenvalue weighted by Gasteiger charge is -2.36. The highest BCUT2D eigenvalue weighted by molar-refractivity contribution is 6.13. The Kier molecular flexibility index (Phi) is 4.66. The molecule has 1 N–H and O–H groups in total. The van der Waals surface area contributed by atoms with Crippen molar-refractivity contribution in [2.45, 2.75) is 12.8 Å². The van der Waals surface area contributed by atoms with Crippen LogP contribution in [0.15, 0.2) is 36.7 Å². The van der Waals surface area contributed by atoms with E-state index >= 15 is 0 Å². The van der Waals surface area contributed by atoms with Crippen LogP contribution in [0.3, 0.4) is 0 Å². The first-order valence-electron chi connectivity index (χ1n) is 9.07. The molecule has 4 rings (SSSR count). The fourth-order valence-electron chi connectivity index (χ4n) is 3.36. The van der Waals surface area contributed by atoms with E-state index in [1.165, 1.54) is 0 Å². The average molecular weight is 387 g/mol. The Bertz CT molecular complexity index is 896. The maximum absolute atomic E-state index is 13.8. The summed E-state index contributed by atoms with van der Waals surface area (Å²) in [5.41, 5.74) is -1.29. The number of piperazine rings is 1. The van der Waals surface area contributed by atoms with Gasteiger partial charge >= 0.3 is 0 Å². The maximum atomic E-state index is 13.8. The standard InChI is InChI=1S/C19H19F2N5O2/c20-13-2-3-15(14(21)12-13)24-16(27)19(4-5-19)17(28)25-8-10-26(11-9-25)18-22-6-1-7-23-18/h1-3,6-7,12H,4-5,8-11H2,(H,24,27). The number of nitrogens with zero attached hydrogens (tertiary/aromatic N) is 4. The molecule has 28 heavy (non-hydrogen) atoms. The van der Waals surface area contributed by atoms with Crippen molar-refractivity contribution >= 4 is 23.5 Å². The monoisotopic (exact) mass is 387 g/mol. The molecule has 1 aromatic heterocycles. The molecule has 0 atom stereocenters. The quantitative estimate of drug-likeness (QED) is 0.810. The third-order valence-electron chi connectivity index (χ3n) is 5.18. The Hall–Kier alpha value is -3.10. The van der Waals surface area contributed by atoms with E-state index in [2.05, 4.69) is 15.3 Å². The van der Waals surface area contributed by atoms with Gasteiger partial charge in [-0.25, -0.2) is 18.7 Å². The minimum Gasteiger partial charge on any atom is -0.338 e. The molecule has 0 unspecified atom stereocenters. The molecule has 1 aliphatic carbocycles. The van der Waals surface area contributed by atoms with Crippen molar-refractivity contribution in [2.24, 2.45) is 5.41 Å². The Balaban J connectivity index is 1.40. The summed E-state index contributed by atoms with van der Waals surface area (Å²) >= 11 is 0. The zero-order valence-electron chi connectivity index (χ0n) is 15.1. The van der Waals surface area contributed by atoms with Gasteiger partial charge in [0, 0.05) is 44.6 Å². The lowest BCUT2D eigenvalue weighted by molar-refractivity contribution is -0.142. The van der Waals surface area contributed by atoms with E-state index < -0.39 is 23.0 Å². The zero-order chi connectivity index (χ0) is 19.7. The van der Waals surface area contributed by atoms with Crippen LogP contribution in [0.1, 0.15) is 12.8 Å². The van der Waals surface area contributed by atoms with Gasteiger partial charge in [-0.05, 0) is 31.0 Å². The summed E-state index contributed by atoms with van der Waals surface area (Å²) in [6, 6.07) is 4.65. The number of anilines is 2. The van der Waals surface area contributed by atoms with Gasteiger partial charge in [0.1, 0.15) is 17.0 Å². The first kappa shape index (κ1) is 18.3. The van der Waals surface area contributed by atoms with Gasteiger partial charge in [-0.2, -0.15) is 0 Å². The highest BCUT2D eigenvalue weighted by atomic mass is 19.1. The number of aromatic nitrogens is 2. The normalized spacial score (nSPS) is 17.9. The molecule has 2 aromatic rings. The first-order chi connectivity index (χ1) is 13.5. The van der Waals surface area contributed by atoms with Crippen molar-refractivity contribution in [1.29, 1.82) is 0 Å². The molecule has 7 nitrogen and oxygen atoms in total. The lowest BCUT2D eigenvalue weighted by Crippen LogP contribution is -2.53. The number of carbonyl (C=O) groups excluding carboxylic acids is 2. The van der Waals surface area contributed by atoms with Gasteiger partial charge in [0.2, 0.25) is 17.8 Å². The molecule has 1 saturated heterocycles. The minimum atomic E-state index is -1.16. The van der Waals surface area contributed by atoms with E-state index in [0.29, 0.717) is 51.0 Å². The molecule has 0 spiro atoms. The van der Waals surface area contributed by atoms with E-state index in [-0.39, 0.29) is 11.6 Å². The largest absolute Gasteiger partial charge is 0.338 e. The number of halogens is 2. The fraction of sp³-hybridized carbons (Fsp3) is 0.368. The molecule has 0 radical (unpaired) electrons. The molecular formula is C19H19F2N5O2. The molecule has 2 heterocycles. The van der Waals surface area contributed by atoms with Crippen LogP contribution in [0, 0.1) is 17.0 Å². The topological polar surface area (TPSA) is 78.4 Å². The SMILES string of the molecule is O=C(Nc1ccc(F)cc1F)C1(C(=O)N2CCN(c3ncccn3)CC2)CC1. The molecule has 1 aromatic carbocycles. The summed E-state index contributed by atoms with van der Waals surface area (Å²) in [5, 5.41) is 2.44. The third kappa shape index (κ3) is 3.39. The van der Waals surface area contributed by atoms with Gasteiger partial charge in [0.25, 0.3) is 0 Å². The van der Waals surface area contributed by atoms with E-state index in [4.69, 9.17) is 0 Å². The van der Waals surface area contributed by atoms with Crippen LogP contribution in [0.4, 0.5) is 20.4 Å². The van der Waals surface area contributed by atoms with Crippen molar-refractivity contribution in [3.63, 3.8) is 0 Å². The number of rotatable bonds is 4. The van der Waals surface area contributed by atoms with Crippen LogP contribution < -0.4 is 10.2 Å². The second-order valence-corrected chi connectivity index (χ2v) is 6.99. The third-order valence-corrected chi connectivity index (χ3v) is 5.18. The summed E-state index contributed by atoms with van der Waals surface area (Å²) in [4.78, 5) is 37.7. The van der Waals surface area contributed by atoms with E-state index in [1.54, 1.807) is 23.4 Å². The molecule has 2 aliphatic rings. The van der Waals surface area contributed by atoms with Crippen LogP contribution >= 0.6 is 0 Å². The van der Waals surface area contributed by atoms with Crippen LogP contribution in [-0.4, -0.2) is 52.9 Å². The predicted octanol–water partition coefficient (Wildman–Crippen LogP) is 1.82. The van der Waals surface area contributed by atoms with E-state index in [9.17, 15) is 18.4 Å². The molecular weight excluding hydrogens is 368 g/mol. The van der Waals surface area contributed by atoms with Crippen molar-refractivity contribution in [2.75, 3.05) is 36.4 Å². The van der Waals surface area contributed by atoms with Crippen molar-refractivity contribution in [1.82, 2.24) is 14.9 Å². The molecule has 1 aliphatic heterocycles. The smallest absolute Gasteiger partial charge is 0.240 e. The average Bonchev–Trinajstić information content (AvgIpc) is 3.52. The molecule has 9 heteroatoms. The van der Waals surface area contributed by atoms with Gasteiger partial charge in [0.05, 0.1) is 5.69 Å². The van der Waals surface area contributed by atoms with Gasteiger partial charge in [-0.15, -0.1) is 0 Å². The van der Waals surface area contributed by atoms with E-state index in [0.717, 1.165) is 12.1 Å². The fourth-order valence-corrected chi connectivity index (χ4v) is 3.36. The molecule has 1 saturated carbocycles. The number of carbonyl (C=O) groups is 2. The molecule has 2 amide bonds. The highest BCUT2D eigenvalue weighted by Crippen LogP contribution is 2.48. The van der Waals surface area contributed by atoms with Crippen LogP contribution in [0.2, 0.25) is 0 Å². The van der Waals surface area contributed by atoms with Gasteiger partial charge < -0.3 is 15.1 Å². The first-order valence-corrected chi connectivity index (χ1v) is 9.07. The summed E-state index contributed by atoms with van der Waals surface area (Å²) < 4.78 is 26.8. The summed E-state index contributed by atoms with van der Waals surface area (Å²) in [6.45, 7) is 2.05.